The lowest BCUT2D eigenvalue weighted by Gasteiger charge is -2.39. The predicted molar refractivity (Wildman–Crippen MR) is 261 cm³/mol. The molecule has 17 nitrogen and oxygen atoms in total. The molecule has 13 atom stereocenters. The molecule has 0 saturated carbocycles. The third-order valence-electron chi connectivity index (χ3n) is 11.5. The Kier molecular flexibility index (Phi) is 33.0. The van der Waals surface area contributed by atoms with Crippen LogP contribution in [0.2, 0.25) is 0 Å². The van der Waals surface area contributed by atoms with E-state index in [0.717, 1.165) is 44.6 Å². The summed E-state index contributed by atoms with van der Waals surface area (Å²) in [5.41, 5.74) is 0. The smallest absolute Gasteiger partial charge is 0.462 e. The highest BCUT2D eigenvalue weighted by molar-refractivity contribution is 7.47. The summed E-state index contributed by atoms with van der Waals surface area (Å²) < 4.78 is 40.2. The van der Waals surface area contributed by atoms with Crippen LogP contribution in [-0.2, 0) is 37.4 Å². The third kappa shape index (κ3) is 27.3. The summed E-state index contributed by atoms with van der Waals surface area (Å²) in [6.07, 6.45) is 15.8. The second-order valence-electron chi connectivity index (χ2n) is 17.5. The summed E-state index contributed by atoms with van der Waals surface area (Å²) in [6.45, 7) is 2.69. The molecule has 18 heteroatoms. The van der Waals surface area contributed by atoms with Crippen LogP contribution in [0.3, 0.4) is 0 Å². The van der Waals surface area contributed by atoms with Gasteiger partial charge < -0.3 is 60.0 Å². The summed E-state index contributed by atoms with van der Waals surface area (Å²) in [5, 5.41) is 89.3. The van der Waals surface area contributed by atoms with E-state index in [0.29, 0.717) is 32.1 Å². The van der Waals surface area contributed by atoms with Gasteiger partial charge in [-0.3, -0.25) is 18.6 Å². The van der Waals surface area contributed by atoms with Crippen molar-refractivity contribution >= 4 is 19.8 Å². The molecule has 394 valence electrons. The number of hydrogen-bond donors (Lipinski definition) is 9. The number of unbranched alkanes of at least 4 members (excludes halogenated alkanes) is 5. The highest BCUT2D eigenvalue weighted by Crippen LogP contribution is 2.47. The van der Waals surface area contributed by atoms with Gasteiger partial charge in [0.2, 0.25) is 0 Å². The Balaban J connectivity index is 2.13. The van der Waals surface area contributed by atoms with Crippen molar-refractivity contribution in [2.24, 2.45) is 5.92 Å². The molecule has 2 aliphatic heterocycles. The van der Waals surface area contributed by atoms with Gasteiger partial charge in [-0.1, -0.05) is 131 Å². The van der Waals surface area contributed by atoms with Gasteiger partial charge in [-0.25, -0.2) is 4.57 Å². The van der Waals surface area contributed by atoms with Crippen LogP contribution in [0.4, 0.5) is 0 Å². The number of ether oxygens (including phenoxy) is 3. The first-order valence-electron chi connectivity index (χ1n) is 24.8. The number of aliphatic hydroxyl groups is 8. The number of rotatable bonds is 23. The van der Waals surface area contributed by atoms with Crippen LogP contribution in [0.15, 0.2) is 85.1 Å². The van der Waals surface area contributed by atoms with Gasteiger partial charge in [-0.05, 0) is 70.6 Å². The number of hydrogen-bond acceptors (Lipinski definition) is 16. The third-order valence-corrected chi connectivity index (χ3v) is 12.5. The van der Waals surface area contributed by atoms with E-state index in [4.69, 9.17) is 23.3 Å². The average Bonchev–Trinajstić information content (AvgIpc) is 3.31. The fourth-order valence-corrected chi connectivity index (χ4v) is 8.41. The van der Waals surface area contributed by atoms with E-state index in [-0.39, 0.29) is 25.7 Å². The van der Waals surface area contributed by atoms with E-state index < -0.39 is 113 Å². The molecule has 69 heavy (non-hydrogen) atoms. The number of aliphatic hydroxyl groups excluding tert-OH is 8. The Hall–Kier alpha value is -3.13. The number of phosphoric ester groups is 1. The fourth-order valence-electron chi connectivity index (χ4n) is 7.43. The zero-order valence-corrected chi connectivity index (χ0v) is 41.5. The zero-order valence-electron chi connectivity index (χ0n) is 40.6. The number of fused-ring (bicyclic) bond motifs is 4. The lowest BCUT2D eigenvalue weighted by molar-refractivity contribution is -0.213. The second-order valence-corrected chi connectivity index (χ2v) is 18.9. The van der Waals surface area contributed by atoms with Crippen molar-refractivity contribution in [1.82, 2.24) is 0 Å². The molecule has 1 fully saturated rings. The van der Waals surface area contributed by atoms with Crippen molar-refractivity contribution in [2.45, 2.75) is 203 Å². The Labute approximate surface area is 409 Å². The molecular formula is C51H83O17P. The second kappa shape index (κ2) is 36.7. The summed E-state index contributed by atoms with van der Waals surface area (Å²) in [4.78, 5) is 36.5. The average molecular weight is 999 g/mol. The monoisotopic (exact) mass is 999 g/mol. The van der Waals surface area contributed by atoms with Crippen molar-refractivity contribution in [3.05, 3.63) is 85.1 Å². The van der Waals surface area contributed by atoms with E-state index in [1.807, 2.05) is 25.2 Å². The van der Waals surface area contributed by atoms with Crippen molar-refractivity contribution < 1.29 is 83.2 Å². The number of phosphoric acid groups is 1. The van der Waals surface area contributed by atoms with Crippen molar-refractivity contribution in [2.75, 3.05) is 13.2 Å². The number of allylic oxidation sites excluding steroid dienone is 12. The van der Waals surface area contributed by atoms with E-state index in [9.17, 15) is 59.9 Å². The Bertz CT molecular complexity index is 1660. The van der Waals surface area contributed by atoms with Gasteiger partial charge in [0.15, 0.2) is 12.4 Å². The van der Waals surface area contributed by atoms with Crippen molar-refractivity contribution in [3.8, 4) is 0 Å². The van der Waals surface area contributed by atoms with Gasteiger partial charge in [0.1, 0.15) is 43.2 Å². The van der Waals surface area contributed by atoms with E-state index in [2.05, 4.69) is 49.5 Å². The summed E-state index contributed by atoms with van der Waals surface area (Å²) >= 11 is 0. The Morgan fingerprint density at radius 2 is 1.38 bits per heavy atom. The first-order valence-corrected chi connectivity index (χ1v) is 26.3. The molecule has 2 bridgehead atoms. The van der Waals surface area contributed by atoms with Gasteiger partial charge in [-0.2, -0.15) is 0 Å². The van der Waals surface area contributed by atoms with Crippen LogP contribution in [-0.4, -0.2) is 138 Å². The molecule has 0 aliphatic carbocycles. The molecule has 0 aromatic carbocycles. The standard InChI is InChI=1S/C51H83O17P/c1-3-5-7-8-9-10-11-12-13-14-15-16-17-18-19-20-21-22-27-31-43(54)64-36-39-37-65-69(62,63)68-51-49(60)47(58)42(34-33-38(52)29-25-6-4-2)67-45(56)35-41(53)40(46(57)48(59)50(51)61)30-26-23-24-28-32-44(55)66-39/h9-10,12-13,15-16,18-19,21-23,26,33-34,38-42,45-53,56-61H,3-8,11,14,17,20,24-25,27-32,35-37H2,1-2H3,(H,62,63)/b10-9-,13-12-,16-15-,19-18-,22-21-,26-23-,34-33?/t38-,39+,40-,41-,42+,45?,46+,47+,48-,49+,50+,51+/m0/s1. The maximum atomic E-state index is 13.5. The van der Waals surface area contributed by atoms with Crippen LogP contribution < -0.4 is 0 Å². The lowest BCUT2D eigenvalue weighted by atomic mass is 9.83. The van der Waals surface area contributed by atoms with Crippen molar-refractivity contribution in [1.29, 1.82) is 0 Å². The van der Waals surface area contributed by atoms with E-state index in [1.54, 1.807) is 12.2 Å². The zero-order chi connectivity index (χ0) is 50.9. The minimum absolute atomic E-state index is 0.0266. The van der Waals surface area contributed by atoms with Crippen LogP contribution in [0, 0.1) is 5.92 Å². The maximum absolute atomic E-state index is 13.5. The highest BCUT2D eigenvalue weighted by Gasteiger charge is 2.48. The van der Waals surface area contributed by atoms with Crippen LogP contribution in [0.1, 0.15) is 136 Å². The fraction of sp³-hybridized carbons (Fsp3) is 0.686. The van der Waals surface area contributed by atoms with E-state index >= 15 is 0 Å². The van der Waals surface area contributed by atoms with Gasteiger partial charge in [0, 0.05) is 25.2 Å². The van der Waals surface area contributed by atoms with Gasteiger partial charge in [0.05, 0.1) is 24.9 Å². The molecule has 2 heterocycles. The number of esters is 2. The highest BCUT2D eigenvalue weighted by atomic mass is 31.2. The lowest BCUT2D eigenvalue weighted by Crippen LogP contribution is -2.58. The van der Waals surface area contributed by atoms with Crippen LogP contribution >= 0.6 is 7.82 Å². The molecule has 0 amide bonds. The van der Waals surface area contributed by atoms with E-state index in [1.165, 1.54) is 25.3 Å². The molecule has 2 rings (SSSR count). The minimum Gasteiger partial charge on any atom is -0.462 e. The number of carbonyl (C=O) groups excluding carboxylic acids is 2. The minimum atomic E-state index is -5.49. The quantitative estimate of drug-likeness (QED) is 0.0240. The predicted octanol–water partition coefficient (Wildman–Crippen LogP) is 6.16. The molecule has 2 unspecified atom stereocenters. The summed E-state index contributed by atoms with van der Waals surface area (Å²) in [5.74, 6) is -2.72. The molecular weight excluding hydrogens is 916 g/mol. The first-order chi connectivity index (χ1) is 33.1. The van der Waals surface area contributed by atoms with Crippen LogP contribution in [0.5, 0.6) is 0 Å². The molecule has 2 aliphatic rings. The largest absolute Gasteiger partial charge is 0.472 e. The van der Waals surface area contributed by atoms with Crippen molar-refractivity contribution in [3.63, 3.8) is 0 Å². The number of carbonyl (C=O) groups is 2. The molecule has 0 aromatic heterocycles. The first kappa shape index (κ1) is 62.0. The van der Waals surface area contributed by atoms with Gasteiger partial charge >= 0.3 is 19.8 Å². The van der Waals surface area contributed by atoms with Gasteiger partial charge in [0.25, 0.3) is 0 Å². The summed E-state index contributed by atoms with van der Waals surface area (Å²) in [7, 11) is -5.49. The molecule has 0 spiro atoms. The Morgan fingerprint density at radius 1 is 0.783 bits per heavy atom. The normalized spacial score (nSPS) is 31.9. The van der Waals surface area contributed by atoms with Crippen LogP contribution in [0.25, 0.3) is 0 Å². The molecule has 9 N–H and O–H groups in total. The van der Waals surface area contributed by atoms with Gasteiger partial charge in [-0.15, -0.1) is 0 Å². The topological polar surface area (TPSA) is 279 Å². The molecule has 1 saturated heterocycles. The number of cyclic esters (lactones) is 1. The Morgan fingerprint density at radius 3 is 2.01 bits per heavy atom. The summed E-state index contributed by atoms with van der Waals surface area (Å²) in [6, 6.07) is 0. The maximum Gasteiger partial charge on any atom is 0.472 e. The molecule has 0 radical (unpaired) electrons. The SMILES string of the molecule is CCCCC/C=C\C/C=C\C/C=C\C/C=C\C/C=C\CCC(=O)OC[C@@H]1COP(=O)(O)O[C@H]2[C@H](O)[C@@H](O)[C@H](O)[C@@H](C/C=C\CCCC(=O)O1)[C@@H](O)CC(O)O[C@H](C=C[C@@H](O)CCCCC)[C@@H](O)[C@H]2O. The molecule has 0 aromatic rings.